The summed E-state index contributed by atoms with van der Waals surface area (Å²) in [6, 6.07) is 9.28. The third-order valence-electron chi connectivity index (χ3n) is 8.42. The standard InChI is InChI=1S/C23H28N2O3/c1-21(6-7-21)16-2-4-17(5-3-16)23-12-18(23)13-25(14-23)19(26)15-10-22(11-15)8-9-28-20(27)24-22/h2-5,15,18H,6-14H2,1H3,(H,24,27). The van der Waals surface area contributed by atoms with E-state index >= 15 is 0 Å². The second-order valence-corrected chi connectivity index (χ2v) is 10.3. The first-order chi connectivity index (χ1) is 13.4. The number of ether oxygens (including phenoxy) is 1. The number of likely N-dealkylation sites (tertiary alicyclic amines) is 1. The minimum atomic E-state index is -0.331. The summed E-state index contributed by atoms with van der Waals surface area (Å²) in [5.74, 6) is 0.973. The average Bonchev–Trinajstić information content (AvgIpc) is 3.56. The lowest BCUT2D eigenvalue weighted by Gasteiger charge is -2.49. The van der Waals surface area contributed by atoms with Crippen LogP contribution in [0.3, 0.4) is 0 Å². The maximum Gasteiger partial charge on any atom is 0.407 e. The Kier molecular flexibility index (Phi) is 3.20. The van der Waals surface area contributed by atoms with Gasteiger partial charge in [-0.1, -0.05) is 31.2 Å². The number of hydrogen-bond acceptors (Lipinski definition) is 3. The van der Waals surface area contributed by atoms with Gasteiger partial charge in [-0.25, -0.2) is 4.79 Å². The van der Waals surface area contributed by atoms with Crippen molar-refractivity contribution >= 4 is 12.0 Å². The summed E-state index contributed by atoms with van der Waals surface area (Å²) < 4.78 is 4.97. The molecule has 2 unspecified atom stereocenters. The van der Waals surface area contributed by atoms with Crippen LogP contribution in [0.2, 0.25) is 0 Å². The lowest BCUT2D eigenvalue weighted by atomic mass is 9.65. The summed E-state index contributed by atoms with van der Waals surface area (Å²) in [6.07, 6.45) is 5.85. The average molecular weight is 380 g/mol. The molecule has 0 aromatic heterocycles. The van der Waals surface area contributed by atoms with E-state index in [2.05, 4.69) is 41.4 Å². The topological polar surface area (TPSA) is 58.6 Å². The van der Waals surface area contributed by atoms with Crippen molar-refractivity contribution in [3.8, 4) is 0 Å². The van der Waals surface area contributed by atoms with E-state index in [0.717, 1.165) is 32.4 Å². The van der Waals surface area contributed by atoms with Gasteiger partial charge < -0.3 is 15.0 Å². The highest BCUT2D eigenvalue weighted by Crippen LogP contribution is 2.60. The fourth-order valence-corrected chi connectivity index (χ4v) is 6.06. The molecule has 1 aromatic carbocycles. The van der Waals surface area contributed by atoms with E-state index in [1.54, 1.807) is 0 Å². The zero-order chi connectivity index (χ0) is 19.1. The molecule has 5 aliphatic rings. The van der Waals surface area contributed by atoms with Gasteiger partial charge in [-0.15, -0.1) is 0 Å². The number of hydrogen-bond donors (Lipinski definition) is 1. The molecule has 5 heteroatoms. The van der Waals surface area contributed by atoms with Crippen molar-refractivity contribution in [2.24, 2.45) is 11.8 Å². The van der Waals surface area contributed by atoms with Crippen LogP contribution in [0.25, 0.3) is 0 Å². The van der Waals surface area contributed by atoms with E-state index in [0.29, 0.717) is 23.8 Å². The van der Waals surface area contributed by atoms with Gasteiger partial charge in [0.2, 0.25) is 5.91 Å². The first kappa shape index (κ1) is 16.9. The fourth-order valence-electron chi connectivity index (χ4n) is 6.06. The largest absolute Gasteiger partial charge is 0.449 e. The second-order valence-electron chi connectivity index (χ2n) is 10.3. The van der Waals surface area contributed by atoms with Crippen molar-refractivity contribution in [2.45, 2.75) is 61.8 Å². The van der Waals surface area contributed by atoms with Gasteiger partial charge in [0.15, 0.2) is 0 Å². The molecule has 3 aliphatic carbocycles. The number of fused-ring (bicyclic) bond motifs is 1. The number of rotatable bonds is 3. The van der Waals surface area contributed by atoms with Crippen LogP contribution in [0, 0.1) is 11.8 Å². The molecular formula is C23H28N2O3. The molecule has 3 saturated carbocycles. The van der Waals surface area contributed by atoms with Crippen molar-refractivity contribution in [1.82, 2.24) is 10.2 Å². The Morgan fingerprint density at radius 2 is 1.82 bits per heavy atom. The normalized spacial score (nSPS) is 39.6. The molecule has 0 radical (unpaired) electrons. The van der Waals surface area contributed by atoms with Gasteiger partial charge >= 0.3 is 6.09 Å². The highest BCUT2D eigenvalue weighted by atomic mass is 16.6. The van der Waals surface area contributed by atoms with E-state index in [4.69, 9.17) is 4.74 Å². The minimum absolute atomic E-state index is 0.0603. The minimum Gasteiger partial charge on any atom is -0.449 e. The van der Waals surface area contributed by atoms with Crippen LogP contribution >= 0.6 is 0 Å². The third kappa shape index (κ3) is 2.37. The summed E-state index contributed by atoms with van der Waals surface area (Å²) in [7, 11) is 0. The van der Waals surface area contributed by atoms with Gasteiger partial charge in [-0.3, -0.25) is 4.79 Å². The third-order valence-corrected chi connectivity index (χ3v) is 8.42. The number of carbonyl (C=O) groups excluding carboxylic acids is 2. The summed E-state index contributed by atoms with van der Waals surface area (Å²) >= 11 is 0. The highest BCUT2D eigenvalue weighted by molar-refractivity contribution is 5.82. The Bertz CT molecular complexity index is 853. The van der Waals surface area contributed by atoms with Crippen LogP contribution in [-0.4, -0.2) is 42.1 Å². The smallest absolute Gasteiger partial charge is 0.407 e. The molecule has 5 nitrogen and oxygen atoms in total. The number of alkyl carbamates (subject to hydrolysis) is 1. The molecule has 1 aromatic rings. The zero-order valence-electron chi connectivity index (χ0n) is 16.5. The van der Waals surface area contributed by atoms with E-state index in [9.17, 15) is 9.59 Å². The summed E-state index contributed by atoms with van der Waals surface area (Å²) in [4.78, 5) is 26.7. The number of benzene rings is 1. The zero-order valence-corrected chi connectivity index (χ0v) is 16.5. The van der Waals surface area contributed by atoms with Crippen molar-refractivity contribution < 1.29 is 14.3 Å². The number of amides is 2. The van der Waals surface area contributed by atoms with Gasteiger partial charge in [0.25, 0.3) is 0 Å². The Hall–Kier alpha value is -2.04. The molecule has 2 heterocycles. The maximum atomic E-state index is 13.1. The molecule has 1 spiro atoms. The second kappa shape index (κ2) is 5.31. The SMILES string of the molecule is CC1(c2ccc(C34CC3CN(C(=O)C3CC5(CCOC(=O)N5)C3)C4)cc2)CC1. The van der Waals surface area contributed by atoms with E-state index in [1.165, 1.54) is 30.4 Å². The number of nitrogens with zero attached hydrogens (tertiary/aromatic N) is 1. The van der Waals surface area contributed by atoms with Crippen molar-refractivity contribution in [2.75, 3.05) is 19.7 Å². The van der Waals surface area contributed by atoms with E-state index in [-0.39, 0.29) is 23.0 Å². The predicted molar refractivity (Wildman–Crippen MR) is 104 cm³/mol. The Morgan fingerprint density at radius 1 is 1.11 bits per heavy atom. The van der Waals surface area contributed by atoms with Crippen LogP contribution in [-0.2, 0) is 20.4 Å². The van der Waals surface area contributed by atoms with Gasteiger partial charge in [-0.2, -0.15) is 0 Å². The molecule has 148 valence electrons. The molecule has 5 fully saturated rings. The quantitative estimate of drug-likeness (QED) is 0.877. The number of cyclic esters (lactones) is 1. The van der Waals surface area contributed by atoms with Gasteiger partial charge in [0.05, 0.1) is 6.61 Å². The fraction of sp³-hybridized carbons (Fsp3) is 0.652. The van der Waals surface area contributed by atoms with Crippen LogP contribution in [0.15, 0.2) is 24.3 Å². The van der Waals surface area contributed by atoms with E-state index in [1.807, 2.05) is 0 Å². The van der Waals surface area contributed by atoms with Crippen molar-refractivity contribution in [3.05, 3.63) is 35.4 Å². The summed E-state index contributed by atoms with van der Waals surface area (Å²) in [5.41, 5.74) is 3.31. The van der Waals surface area contributed by atoms with Crippen molar-refractivity contribution in [1.29, 1.82) is 0 Å². The molecule has 2 saturated heterocycles. The Labute approximate surface area is 165 Å². The first-order valence-corrected chi connectivity index (χ1v) is 10.8. The van der Waals surface area contributed by atoms with Crippen LogP contribution in [0.4, 0.5) is 4.79 Å². The van der Waals surface area contributed by atoms with E-state index < -0.39 is 0 Å². The molecule has 2 atom stereocenters. The molecule has 6 rings (SSSR count). The van der Waals surface area contributed by atoms with Crippen LogP contribution < -0.4 is 5.32 Å². The molecule has 2 aliphatic heterocycles. The molecular weight excluding hydrogens is 352 g/mol. The van der Waals surface area contributed by atoms with Crippen LogP contribution in [0.1, 0.15) is 56.6 Å². The first-order valence-electron chi connectivity index (χ1n) is 10.8. The highest BCUT2D eigenvalue weighted by Gasteiger charge is 2.63. The summed E-state index contributed by atoms with van der Waals surface area (Å²) in [6.45, 7) is 4.59. The number of carbonyl (C=O) groups is 2. The van der Waals surface area contributed by atoms with Gasteiger partial charge in [0, 0.05) is 36.4 Å². The molecule has 28 heavy (non-hydrogen) atoms. The monoisotopic (exact) mass is 380 g/mol. The lowest BCUT2D eigenvalue weighted by Crippen LogP contribution is -2.63. The predicted octanol–water partition coefficient (Wildman–Crippen LogP) is 3.12. The van der Waals surface area contributed by atoms with Gasteiger partial charge in [0.1, 0.15) is 0 Å². The molecule has 0 bridgehead atoms. The Balaban J connectivity index is 1.11. The number of nitrogens with one attached hydrogen (secondary N) is 1. The lowest BCUT2D eigenvalue weighted by molar-refractivity contribution is -0.141. The number of piperidine rings is 1. The van der Waals surface area contributed by atoms with Crippen LogP contribution in [0.5, 0.6) is 0 Å². The van der Waals surface area contributed by atoms with Gasteiger partial charge in [-0.05, 0) is 54.6 Å². The molecule has 2 amide bonds. The molecule has 1 N–H and O–H groups in total. The maximum absolute atomic E-state index is 13.1. The Morgan fingerprint density at radius 3 is 2.50 bits per heavy atom. The summed E-state index contributed by atoms with van der Waals surface area (Å²) in [5, 5.41) is 2.95. The van der Waals surface area contributed by atoms with Crippen molar-refractivity contribution in [3.63, 3.8) is 0 Å².